The second kappa shape index (κ2) is 32.8. The topological polar surface area (TPSA) is 72.8 Å². The summed E-state index contributed by atoms with van der Waals surface area (Å²) in [6.45, 7) is 6.49. The van der Waals surface area contributed by atoms with Gasteiger partial charge >= 0.3 is 11.9 Å². The van der Waals surface area contributed by atoms with Gasteiger partial charge in [0.15, 0.2) is 6.10 Å². The summed E-state index contributed by atoms with van der Waals surface area (Å²) in [7, 11) is 0. The van der Waals surface area contributed by atoms with Gasteiger partial charge in [-0.25, -0.2) is 0 Å². The lowest BCUT2D eigenvalue weighted by Gasteiger charge is -2.15. The van der Waals surface area contributed by atoms with Crippen LogP contribution < -0.4 is 0 Å². The van der Waals surface area contributed by atoms with Crippen LogP contribution in [0.3, 0.4) is 0 Å². The van der Waals surface area contributed by atoms with Crippen molar-refractivity contribution in [3.05, 3.63) is 0 Å². The quantitative estimate of drug-likeness (QED) is 0.0602. The molecule has 0 unspecified atom stereocenters. The van der Waals surface area contributed by atoms with Gasteiger partial charge in [-0.3, -0.25) is 9.59 Å². The zero-order valence-corrected chi connectivity index (χ0v) is 28.4. The Morgan fingerprint density at radius 2 is 0.881 bits per heavy atom. The van der Waals surface area contributed by atoms with Gasteiger partial charge in [0.05, 0.1) is 6.61 Å². The SMILES string of the molecule is CCCCCCCCCCCCCCCCC(=O)OC[C@H](CO)OC(=O)CCCCCCCCCCCCCC(C)C. The van der Waals surface area contributed by atoms with Crippen LogP contribution in [-0.4, -0.2) is 36.4 Å². The van der Waals surface area contributed by atoms with E-state index in [1.165, 1.54) is 135 Å². The number of unbranched alkanes of at least 4 members (excludes halogenated alkanes) is 23. The number of carbonyl (C=O) groups is 2. The lowest BCUT2D eigenvalue weighted by Crippen LogP contribution is -2.28. The fourth-order valence-corrected chi connectivity index (χ4v) is 5.50. The summed E-state index contributed by atoms with van der Waals surface area (Å²) >= 11 is 0. The van der Waals surface area contributed by atoms with E-state index in [0.717, 1.165) is 38.0 Å². The predicted molar refractivity (Wildman–Crippen MR) is 178 cm³/mol. The average molecular weight is 597 g/mol. The number of hydrogen-bond acceptors (Lipinski definition) is 5. The second-order valence-electron chi connectivity index (χ2n) is 13.1. The van der Waals surface area contributed by atoms with Gasteiger partial charge in [0.25, 0.3) is 0 Å². The van der Waals surface area contributed by atoms with E-state index in [0.29, 0.717) is 12.8 Å². The Labute approximate surface area is 261 Å². The first-order valence-electron chi connectivity index (χ1n) is 18.5. The first kappa shape index (κ1) is 40.9. The third-order valence-corrected chi connectivity index (χ3v) is 8.33. The lowest BCUT2D eigenvalue weighted by molar-refractivity contribution is -0.161. The Morgan fingerprint density at radius 1 is 0.524 bits per heavy atom. The molecule has 0 aromatic carbocycles. The van der Waals surface area contributed by atoms with E-state index in [-0.39, 0.29) is 25.2 Å². The maximum Gasteiger partial charge on any atom is 0.306 e. The van der Waals surface area contributed by atoms with Crippen LogP contribution in [0.5, 0.6) is 0 Å². The summed E-state index contributed by atoms with van der Waals surface area (Å²) in [5.41, 5.74) is 0. The molecule has 0 aliphatic carbocycles. The van der Waals surface area contributed by atoms with E-state index in [4.69, 9.17) is 9.47 Å². The number of ether oxygens (including phenoxy) is 2. The summed E-state index contributed by atoms with van der Waals surface area (Å²) in [4.78, 5) is 24.2. The van der Waals surface area contributed by atoms with Gasteiger partial charge in [-0.05, 0) is 18.8 Å². The van der Waals surface area contributed by atoms with Gasteiger partial charge in [-0.1, -0.05) is 175 Å². The van der Waals surface area contributed by atoms with Crippen molar-refractivity contribution in [1.29, 1.82) is 0 Å². The molecule has 0 aliphatic heterocycles. The van der Waals surface area contributed by atoms with Crippen molar-refractivity contribution in [3.8, 4) is 0 Å². The van der Waals surface area contributed by atoms with E-state index >= 15 is 0 Å². The average Bonchev–Trinajstić information content (AvgIpc) is 2.97. The van der Waals surface area contributed by atoms with Crippen molar-refractivity contribution in [2.75, 3.05) is 13.2 Å². The first-order chi connectivity index (χ1) is 20.5. The minimum absolute atomic E-state index is 0.0581. The molecule has 250 valence electrons. The van der Waals surface area contributed by atoms with Crippen LogP contribution in [0.1, 0.15) is 201 Å². The van der Waals surface area contributed by atoms with Crippen LogP contribution in [0.25, 0.3) is 0 Å². The number of carbonyl (C=O) groups excluding carboxylic acids is 2. The molecule has 0 aromatic rings. The molecule has 0 rings (SSSR count). The van der Waals surface area contributed by atoms with Gasteiger partial charge in [0.2, 0.25) is 0 Å². The fourth-order valence-electron chi connectivity index (χ4n) is 5.50. The molecule has 5 heteroatoms. The van der Waals surface area contributed by atoms with Crippen molar-refractivity contribution in [1.82, 2.24) is 0 Å². The third kappa shape index (κ3) is 31.8. The molecule has 0 saturated carbocycles. The highest BCUT2D eigenvalue weighted by atomic mass is 16.6. The molecule has 1 atom stereocenters. The Kier molecular flexibility index (Phi) is 31.9. The van der Waals surface area contributed by atoms with Gasteiger partial charge in [0.1, 0.15) is 6.61 Å². The summed E-state index contributed by atoms with van der Waals surface area (Å²) < 4.78 is 10.6. The highest BCUT2D eigenvalue weighted by Crippen LogP contribution is 2.15. The fraction of sp³-hybridized carbons (Fsp3) is 0.946. The first-order valence-corrected chi connectivity index (χ1v) is 18.5. The van der Waals surface area contributed by atoms with Crippen molar-refractivity contribution in [2.45, 2.75) is 207 Å². The van der Waals surface area contributed by atoms with Crippen molar-refractivity contribution < 1.29 is 24.2 Å². The molecule has 0 aromatic heterocycles. The Hall–Kier alpha value is -1.10. The van der Waals surface area contributed by atoms with Crippen LogP contribution in [0.2, 0.25) is 0 Å². The number of aliphatic hydroxyl groups excluding tert-OH is 1. The lowest BCUT2D eigenvalue weighted by atomic mass is 10.0. The molecule has 0 radical (unpaired) electrons. The molecular weight excluding hydrogens is 524 g/mol. The Bertz CT molecular complexity index is 577. The highest BCUT2D eigenvalue weighted by Gasteiger charge is 2.16. The molecular formula is C37H72O5. The van der Waals surface area contributed by atoms with Crippen molar-refractivity contribution >= 4 is 11.9 Å². The molecule has 0 amide bonds. The largest absolute Gasteiger partial charge is 0.462 e. The van der Waals surface area contributed by atoms with Crippen LogP contribution >= 0.6 is 0 Å². The number of esters is 2. The van der Waals surface area contributed by atoms with E-state index < -0.39 is 6.10 Å². The van der Waals surface area contributed by atoms with E-state index in [9.17, 15) is 14.7 Å². The normalized spacial score (nSPS) is 12.1. The maximum absolute atomic E-state index is 12.1. The molecule has 5 nitrogen and oxygen atoms in total. The smallest absolute Gasteiger partial charge is 0.306 e. The Morgan fingerprint density at radius 3 is 1.26 bits per heavy atom. The van der Waals surface area contributed by atoms with Crippen LogP contribution in [0.15, 0.2) is 0 Å². The highest BCUT2D eigenvalue weighted by molar-refractivity contribution is 5.70. The summed E-state index contributed by atoms with van der Waals surface area (Å²) in [5, 5.41) is 9.52. The molecule has 1 N–H and O–H groups in total. The van der Waals surface area contributed by atoms with Gasteiger partial charge in [-0.2, -0.15) is 0 Å². The standard InChI is InChI=1S/C37H72O5/c1-4-5-6-7-8-9-10-11-12-15-18-21-24-27-30-36(39)41-33-35(32-38)42-37(40)31-28-25-22-19-16-13-14-17-20-23-26-29-34(2)3/h34-35,38H,4-33H2,1-3H3/t35-/m0/s1. The van der Waals surface area contributed by atoms with Crippen molar-refractivity contribution in [2.24, 2.45) is 5.92 Å². The third-order valence-electron chi connectivity index (χ3n) is 8.33. The molecule has 42 heavy (non-hydrogen) atoms. The van der Waals surface area contributed by atoms with Gasteiger partial charge < -0.3 is 14.6 Å². The zero-order chi connectivity index (χ0) is 30.9. The summed E-state index contributed by atoms with van der Waals surface area (Å²) in [6, 6.07) is 0. The second-order valence-corrected chi connectivity index (χ2v) is 13.1. The molecule has 0 fully saturated rings. The van der Waals surface area contributed by atoms with Gasteiger partial charge in [0, 0.05) is 12.8 Å². The summed E-state index contributed by atoms with van der Waals surface area (Å²) in [6.07, 6.45) is 33.0. The van der Waals surface area contributed by atoms with E-state index in [1.54, 1.807) is 0 Å². The van der Waals surface area contributed by atoms with Crippen LogP contribution in [0.4, 0.5) is 0 Å². The van der Waals surface area contributed by atoms with E-state index in [2.05, 4.69) is 20.8 Å². The molecule has 0 aliphatic rings. The molecule has 0 spiro atoms. The molecule has 0 heterocycles. The molecule has 0 saturated heterocycles. The van der Waals surface area contributed by atoms with E-state index in [1.807, 2.05) is 0 Å². The van der Waals surface area contributed by atoms with Crippen molar-refractivity contribution in [3.63, 3.8) is 0 Å². The minimum Gasteiger partial charge on any atom is -0.462 e. The Balaban J connectivity index is 3.52. The minimum atomic E-state index is -0.761. The van der Waals surface area contributed by atoms with Crippen LogP contribution in [-0.2, 0) is 19.1 Å². The number of rotatable bonds is 33. The predicted octanol–water partition coefficient (Wildman–Crippen LogP) is 11.0. The zero-order valence-electron chi connectivity index (χ0n) is 28.4. The number of hydrogen-bond donors (Lipinski definition) is 1. The maximum atomic E-state index is 12.1. The van der Waals surface area contributed by atoms with Gasteiger partial charge in [-0.15, -0.1) is 0 Å². The monoisotopic (exact) mass is 597 g/mol. The van der Waals surface area contributed by atoms with Crippen LogP contribution in [0, 0.1) is 5.92 Å². The summed E-state index contributed by atoms with van der Waals surface area (Å²) in [5.74, 6) is 0.255. The molecule has 0 bridgehead atoms. The number of aliphatic hydroxyl groups is 1.